The van der Waals surface area contributed by atoms with Gasteiger partial charge < -0.3 is 10.1 Å². The molecule has 0 heterocycles. The van der Waals surface area contributed by atoms with E-state index in [4.69, 9.17) is 4.74 Å². The van der Waals surface area contributed by atoms with Crippen LogP contribution in [0.2, 0.25) is 0 Å². The molecule has 2 nitrogen and oxygen atoms in total. The van der Waals surface area contributed by atoms with Crippen LogP contribution in [0.15, 0.2) is 18.2 Å². The molecular formula is C16H26FNO. The van der Waals surface area contributed by atoms with Crippen LogP contribution in [0.3, 0.4) is 0 Å². The van der Waals surface area contributed by atoms with Gasteiger partial charge in [-0.25, -0.2) is 4.39 Å². The van der Waals surface area contributed by atoms with E-state index < -0.39 is 0 Å². The number of hydrogen-bond acceptors (Lipinski definition) is 2. The monoisotopic (exact) mass is 267 g/mol. The predicted molar refractivity (Wildman–Crippen MR) is 78.2 cm³/mol. The van der Waals surface area contributed by atoms with Crippen LogP contribution in [-0.2, 0) is 0 Å². The minimum atomic E-state index is -0.178. The van der Waals surface area contributed by atoms with E-state index in [1.807, 2.05) is 0 Å². The summed E-state index contributed by atoms with van der Waals surface area (Å²) in [7, 11) is 0. The first kappa shape index (κ1) is 16.0. The maximum atomic E-state index is 13.1. The summed E-state index contributed by atoms with van der Waals surface area (Å²) in [5, 5.41) is 3.47. The lowest BCUT2D eigenvalue weighted by molar-refractivity contribution is 0.301. The number of aryl methyl sites for hydroxylation is 1. The van der Waals surface area contributed by atoms with Gasteiger partial charge in [0.05, 0.1) is 6.61 Å². The predicted octanol–water partition coefficient (Wildman–Crippen LogP) is 4.07. The zero-order chi connectivity index (χ0) is 14.1. The van der Waals surface area contributed by atoms with E-state index in [1.54, 1.807) is 19.1 Å². The number of halogens is 1. The molecule has 1 unspecified atom stereocenters. The Morgan fingerprint density at radius 1 is 1.32 bits per heavy atom. The second kappa shape index (κ2) is 8.92. The van der Waals surface area contributed by atoms with Crippen molar-refractivity contribution in [1.82, 2.24) is 5.32 Å². The SMILES string of the molecule is CCCNC(C)CCCCOc1ccc(F)c(C)c1. The van der Waals surface area contributed by atoms with Gasteiger partial charge >= 0.3 is 0 Å². The fraction of sp³-hybridized carbons (Fsp3) is 0.625. The molecule has 0 saturated carbocycles. The normalized spacial score (nSPS) is 12.4. The van der Waals surface area contributed by atoms with Gasteiger partial charge in [0, 0.05) is 6.04 Å². The van der Waals surface area contributed by atoms with Crippen molar-refractivity contribution < 1.29 is 9.13 Å². The Hall–Kier alpha value is -1.09. The highest BCUT2D eigenvalue weighted by molar-refractivity contribution is 5.28. The van der Waals surface area contributed by atoms with Gasteiger partial charge in [0.15, 0.2) is 0 Å². The van der Waals surface area contributed by atoms with Crippen LogP contribution >= 0.6 is 0 Å². The van der Waals surface area contributed by atoms with Crippen molar-refractivity contribution in [3.63, 3.8) is 0 Å². The lowest BCUT2D eigenvalue weighted by atomic mass is 10.1. The molecule has 0 amide bonds. The molecule has 108 valence electrons. The second-order valence-electron chi connectivity index (χ2n) is 5.11. The molecule has 0 spiro atoms. The molecule has 0 aliphatic rings. The molecule has 1 atom stereocenters. The third-order valence-corrected chi connectivity index (χ3v) is 3.17. The molecule has 0 saturated heterocycles. The van der Waals surface area contributed by atoms with Crippen molar-refractivity contribution >= 4 is 0 Å². The largest absolute Gasteiger partial charge is 0.494 e. The Bertz CT molecular complexity index is 368. The Morgan fingerprint density at radius 2 is 2.11 bits per heavy atom. The minimum absolute atomic E-state index is 0.178. The number of rotatable bonds is 9. The summed E-state index contributed by atoms with van der Waals surface area (Å²) in [6.45, 7) is 7.94. The lowest BCUT2D eigenvalue weighted by Crippen LogP contribution is -2.26. The van der Waals surface area contributed by atoms with Crippen molar-refractivity contribution in [3.8, 4) is 5.75 Å². The van der Waals surface area contributed by atoms with Gasteiger partial charge in [-0.05, 0) is 69.8 Å². The van der Waals surface area contributed by atoms with E-state index in [0.717, 1.165) is 25.1 Å². The fourth-order valence-corrected chi connectivity index (χ4v) is 1.94. The minimum Gasteiger partial charge on any atom is -0.494 e. The van der Waals surface area contributed by atoms with E-state index >= 15 is 0 Å². The molecule has 1 aromatic rings. The molecule has 3 heteroatoms. The topological polar surface area (TPSA) is 21.3 Å². The smallest absolute Gasteiger partial charge is 0.126 e. The van der Waals surface area contributed by atoms with Crippen molar-refractivity contribution in [2.24, 2.45) is 0 Å². The number of ether oxygens (including phenoxy) is 1. The molecule has 1 rings (SSSR count). The van der Waals surface area contributed by atoms with Crippen LogP contribution < -0.4 is 10.1 Å². The van der Waals surface area contributed by atoms with E-state index in [-0.39, 0.29) is 5.82 Å². The highest BCUT2D eigenvalue weighted by Gasteiger charge is 2.01. The number of benzene rings is 1. The van der Waals surface area contributed by atoms with Gasteiger partial charge in [0.1, 0.15) is 11.6 Å². The van der Waals surface area contributed by atoms with E-state index in [2.05, 4.69) is 19.2 Å². The van der Waals surface area contributed by atoms with Crippen molar-refractivity contribution in [1.29, 1.82) is 0 Å². The number of unbranched alkanes of at least 4 members (excludes halogenated alkanes) is 1. The summed E-state index contributed by atoms with van der Waals surface area (Å²) in [6.07, 6.45) is 4.54. The first-order valence-corrected chi connectivity index (χ1v) is 7.25. The van der Waals surface area contributed by atoms with Crippen molar-refractivity contribution in [2.45, 2.75) is 52.5 Å². The van der Waals surface area contributed by atoms with Crippen LogP contribution in [0.5, 0.6) is 5.75 Å². The zero-order valence-corrected chi connectivity index (χ0v) is 12.3. The molecule has 0 radical (unpaired) electrons. The first-order valence-electron chi connectivity index (χ1n) is 7.25. The Labute approximate surface area is 116 Å². The summed E-state index contributed by atoms with van der Waals surface area (Å²) in [6, 6.07) is 5.48. The lowest BCUT2D eigenvalue weighted by Gasteiger charge is -2.13. The quantitative estimate of drug-likeness (QED) is 0.681. The molecule has 0 aliphatic carbocycles. The summed E-state index contributed by atoms with van der Waals surface area (Å²) in [5.41, 5.74) is 0.634. The molecule has 0 aromatic heterocycles. The van der Waals surface area contributed by atoms with Crippen LogP contribution in [0, 0.1) is 12.7 Å². The maximum absolute atomic E-state index is 13.1. The van der Waals surface area contributed by atoms with Crippen molar-refractivity contribution in [3.05, 3.63) is 29.6 Å². The molecular weight excluding hydrogens is 241 g/mol. The Balaban J connectivity index is 2.12. The fourth-order valence-electron chi connectivity index (χ4n) is 1.94. The molecule has 0 aliphatic heterocycles. The van der Waals surface area contributed by atoms with E-state index in [9.17, 15) is 4.39 Å². The molecule has 0 fully saturated rings. The standard InChI is InChI=1S/C16H26FNO/c1-4-10-18-14(3)7-5-6-11-19-15-8-9-16(17)13(2)12-15/h8-9,12,14,18H,4-7,10-11H2,1-3H3. The summed E-state index contributed by atoms with van der Waals surface area (Å²) in [4.78, 5) is 0. The zero-order valence-electron chi connectivity index (χ0n) is 12.3. The van der Waals surface area contributed by atoms with Crippen LogP contribution in [-0.4, -0.2) is 19.2 Å². The van der Waals surface area contributed by atoms with Crippen LogP contribution in [0.1, 0.15) is 45.1 Å². The average Bonchev–Trinajstić information content (AvgIpc) is 2.40. The van der Waals surface area contributed by atoms with Crippen LogP contribution in [0.4, 0.5) is 4.39 Å². The molecule has 19 heavy (non-hydrogen) atoms. The number of hydrogen-bond donors (Lipinski definition) is 1. The summed E-state index contributed by atoms with van der Waals surface area (Å²) < 4.78 is 18.7. The van der Waals surface area contributed by atoms with Crippen LogP contribution in [0.25, 0.3) is 0 Å². The first-order chi connectivity index (χ1) is 9.13. The van der Waals surface area contributed by atoms with Crippen molar-refractivity contribution in [2.75, 3.05) is 13.2 Å². The van der Waals surface area contributed by atoms with Gasteiger partial charge in [-0.15, -0.1) is 0 Å². The summed E-state index contributed by atoms with van der Waals surface area (Å²) in [5.74, 6) is 0.583. The highest BCUT2D eigenvalue weighted by atomic mass is 19.1. The van der Waals surface area contributed by atoms with Gasteiger partial charge in [-0.1, -0.05) is 6.92 Å². The Kier molecular flexibility index (Phi) is 7.49. The number of nitrogens with one attached hydrogen (secondary N) is 1. The van der Waals surface area contributed by atoms with E-state index in [1.165, 1.54) is 18.9 Å². The second-order valence-corrected chi connectivity index (χ2v) is 5.11. The molecule has 0 bridgehead atoms. The molecule has 1 aromatic carbocycles. The third-order valence-electron chi connectivity index (χ3n) is 3.17. The third kappa shape index (κ3) is 6.58. The van der Waals surface area contributed by atoms with Gasteiger partial charge in [-0.2, -0.15) is 0 Å². The highest BCUT2D eigenvalue weighted by Crippen LogP contribution is 2.16. The van der Waals surface area contributed by atoms with Gasteiger partial charge in [-0.3, -0.25) is 0 Å². The van der Waals surface area contributed by atoms with Gasteiger partial charge in [0.25, 0.3) is 0 Å². The Morgan fingerprint density at radius 3 is 2.79 bits per heavy atom. The average molecular weight is 267 g/mol. The molecule has 1 N–H and O–H groups in total. The van der Waals surface area contributed by atoms with Gasteiger partial charge in [0.2, 0.25) is 0 Å². The summed E-state index contributed by atoms with van der Waals surface area (Å²) >= 11 is 0. The van der Waals surface area contributed by atoms with E-state index in [0.29, 0.717) is 18.2 Å². The maximum Gasteiger partial charge on any atom is 0.126 e.